The number of ether oxygens (including phenoxy) is 1. The Bertz CT molecular complexity index is 1450. The van der Waals surface area contributed by atoms with Gasteiger partial charge in [-0.15, -0.1) is 0 Å². The summed E-state index contributed by atoms with van der Waals surface area (Å²) in [6, 6.07) is 34.6. The van der Waals surface area contributed by atoms with Crippen molar-refractivity contribution in [3.05, 3.63) is 125 Å². The number of rotatable bonds is 6. The Morgan fingerprint density at radius 1 is 0.800 bits per heavy atom. The van der Waals surface area contributed by atoms with Crippen molar-refractivity contribution in [2.45, 2.75) is 16.7 Å². The van der Waals surface area contributed by atoms with Gasteiger partial charge in [0.05, 0.1) is 21.8 Å². The number of carbonyl (C=O) groups is 1. The zero-order chi connectivity index (χ0) is 24.2. The zero-order valence-electron chi connectivity index (χ0n) is 18.9. The van der Waals surface area contributed by atoms with Crippen LogP contribution >= 0.6 is 23.4 Å². The van der Waals surface area contributed by atoms with Gasteiger partial charge in [-0.05, 0) is 66.6 Å². The first kappa shape index (κ1) is 23.0. The van der Waals surface area contributed by atoms with E-state index >= 15 is 0 Å². The molecular weight excluding hydrogens is 476 g/mol. The Morgan fingerprint density at radius 2 is 1.40 bits per heavy atom. The Balaban J connectivity index is 1.48. The molecule has 0 atom stereocenters. The number of esters is 1. The Labute approximate surface area is 213 Å². The van der Waals surface area contributed by atoms with Crippen LogP contribution in [-0.2, 0) is 0 Å². The number of nitrogens with zero attached hydrogens (tertiary/aromatic N) is 2. The second kappa shape index (κ2) is 10.2. The molecule has 5 rings (SSSR count). The molecule has 0 aliphatic rings. The van der Waals surface area contributed by atoms with Gasteiger partial charge in [0.25, 0.3) is 0 Å². The first-order chi connectivity index (χ1) is 17.1. The molecule has 6 heteroatoms. The molecule has 0 saturated heterocycles. The van der Waals surface area contributed by atoms with Crippen molar-refractivity contribution >= 4 is 29.3 Å². The SMILES string of the molecule is Cc1nn(-c2ccccc2)c(OC(=O)c2ccc(-c3ccccc3)cc2)c1Sc1ccc(Cl)cc1. The van der Waals surface area contributed by atoms with E-state index in [1.165, 1.54) is 11.8 Å². The van der Waals surface area contributed by atoms with Crippen molar-refractivity contribution < 1.29 is 9.53 Å². The zero-order valence-corrected chi connectivity index (χ0v) is 20.5. The minimum Gasteiger partial charge on any atom is -0.402 e. The van der Waals surface area contributed by atoms with Crippen LogP contribution in [-0.4, -0.2) is 15.7 Å². The molecule has 0 aliphatic carbocycles. The molecule has 4 aromatic carbocycles. The molecule has 0 fully saturated rings. The van der Waals surface area contributed by atoms with Crippen molar-refractivity contribution in [3.8, 4) is 22.7 Å². The Hall–Kier alpha value is -3.80. The molecule has 0 radical (unpaired) electrons. The van der Waals surface area contributed by atoms with Crippen molar-refractivity contribution in [3.63, 3.8) is 0 Å². The van der Waals surface area contributed by atoms with E-state index in [4.69, 9.17) is 16.3 Å². The lowest BCUT2D eigenvalue weighted by Crippen LogP contribution is -2.12. The van der Waals surface area contributed by atoms with Gasteiger partial charge in [-0.25, -0.2) is 4.79 Å². The van der Waals surface area contributed by atoms with Gasteiger partial charge < -0.3 is 4.74 Å². The predicted octanol–water partition coefficient (Wildman–Crippen LogP) is 7.87. The topological polar surface area (TPSA) is 44.1 Å². The monoisotopic (exact) mass is 496 g/mol. The van der Waals surface area contributed by atoms with E-state index in [0.29, 0.717) is 16.5 Å². The van der Waals surface area contributed by atoms with Crippen LogP contribution in [0, 0.1) is 6.92 Å². The second-order valence-electron chi connectivity index (χ2n) is 7.86. The summed E-state index contributed by atoms with van der Waals surface area (Å²) < 4.78 is 7.66. The van der Waals surface area contributed by atoms with Crippen LogP contribution < -0.4 is 4.74 Å². The van der Waals surface area contributed by atoms with Crippen LogP contribution in [0.25, 0.3) is 16.8 Å². The molecule has 0 aliphatic heterocycles. The van der Waals surface area contributed by atoms with Crippen LogP contribution in [0.3, 0.4) is 0 Å². The highest BCUT2D eigenvalue weighted by Crippen LogP contribution is 2.39. The molecule has 0 unspecified atom stereocenters. The van der Waals surface area contributed by atoms with Gasteiger partial charge in [-0.3, -0.25) is 0 Å². The average Bonchev–Trinajstić information content (AvgIpc) is 3.21. The number of halogens is 1. The molecule has 35 heavy (non-hydrogen) atoms. The third-order valence-electron chi connectivity index (χ3n) is 5.42. The highest BCUT2D eigenvalue weighted by molar-refractivity contribution is 7.99. The summed E-state index contributed by atoms with van der Waals surface area (Å²) in [4.78, 5) is 15.0. The third-order valence-corrected chi connectivity index (χ3v) is 6.85. The number of aromatic nitrogens is 2. The van der Waals surface area contributed by atoms with E-state index in [2.05, 4.69) is 5.10 Å². The normalized spacial score (nSPS) is 10.8. The molecule has 1 heterocycles. The fourth-order valence-corrected chi connectivity index (χ4v) is 4.68. The average molecular weight is 497 g/mol. The first-order valence-electron chi connectivity index (χ1n) is 11.0. The van der Waals surface area contributed by atoms with E-state index < -0.39 is 5.97 Å². The fourth-order valence-electron chi connectivity index (χ4n) is 3.64. The summed E-state index contributed by atoms with van der Waals surface area (Å²) >= 11 is 7.54. The summed E-state index contributed by atoms with van der Waals surface area (Å²) in [5.74, 6) is -0.0644. The smallest absolute Gasteiger partial charge is 0.344 e. The maximum absolute atomic E-state index is 13.2. The van der Waals surface area contributed by atoms with Gasteiger partial charge in [-0.1, -0.05) is 84.0 Å². The number of aryl methyl sites for hydroxylation is 1. The summed E-state index contributed by atoms with van der Waals surface area (Å²) in [5.41, 5.74) is 4.15. The lowest BCUT2D eigenvalue weighted by atomic mass is 10.0. The minimum atomic E-state index is -0.445. The molecule has 0 saturated carbocycles. The predicted molar refractivity (Wildman–Crippen MR) is 141 cm³/mol. The molecule has 0 bridgehead atoms. The van der Waals surface area contributed by atoms with Crippen molar-refractivity contribution in [1.82, 2.24) is 9.78 Å². The van der Waals surface area contributed by atoms with Crippen molar-refractivity contribution in [2.24, 2.45) is 0 Å². The van der Waals surface area contributed by atoms with E-state index in [1.807, 2.05) is 104 Å². The first-order valence-corrected chi connectivity index (χ1v) is 12.2. The van der Waals surface area contributed by atoms with Crippen LogP contribution in [0.5, 0.6) is 5.88 Å². The molecule has 172 valence electrons. The largest absolute Gasteiger partial charge is 0.402 e. The highest BCUT2D eigenvalue weighted by atomic mass is 35.5. The van der Waals surface area contributed by atoms with Crippen LogP contribution in [0.1, 0.15) is 16.1 Å². The number of hydrogen-bond donors (Lipinski definition) is 0. The van der Waals surface area contributed by atoms with Crippen LogP contribution in [0.4, 0.5) is 0 Å². The van der Waals surface area contributed by atoms with Crippen molar-refractivity contribution in [2.75, 3.05) is 0 Å². The summed E-state index contributed by atoms with van der Waals surface area (Å²) in [6.45, 7) is 1.91. The Kier molecular flexibility index (Phi) is 6.70. The molecule has 0 N–H and O–H groups in total. The van der Waals surface area contributed by atoms with Gasteiger partial charge in [0.1, 0.15) is 0 Å². The maximum atomic E-state index is 13.2. The van der Waals surface area contributed by atoms with E-state index in [1.54, 1.807) is 16.8 Å². The highest BCUT2D eigenvalue weighted by Gasteiger charge is 2.23. The van der Waals surface area contributed by atoms with Crippen LogP contribution in [0.15, 0.2) is 119 Å². The quantitative estimate of drug-likeness (QED) is 0.224. The van der Waals surface area contributed by atoms with Gasteiger partial charge in [-0.2, -0.15) is 9.78 Å². The molecule has 0 amide bonds. The standard InChI is InChI=1S/C29H21ClN2O2S/c1-20-27(35-26-18-16-24(30)17-19-26)28(32(31-20)25-10-6-3-7-11-25)34-29(33)23-14-12-22(13-15-23)21-8-4-2-5-9-21/h2-19H,1H3. The summed E-state index contributed by atoms with van der Waals surface area (Å²) in [5, 5.41) is 5.35. The Morgan fingerprint density at radius 3 is 2.06 bits per heavy atom. The lowest BCUT2D eigenvalue weighted by Gasteiger charge is -2.11. The molecule has 5 aromatic rings. The summed E-state index contributed by atoms with van der Waals surface area (Å²) in [7, 11) is 0. The molecular formula is C29H21ClN2O2S. The molecule has 4 nitrogen and oxygen atoms in total. The number of para-hydroxylation sites is 1. The van der Waals surface area contributed by atoms with Gasteiger partial charge in [0.15, 0.2) is 0 Å². The fraction of sp³-hybridized carbons (Fsp3) is 0.0345. The van der Waals surface area contributed by atoms with Gasteiger partial charge in [0.2, 0.25) is 5.88 Å². The maximum Gasteiger partial charge on any atom is 0.344 e. The number of carbonyl (C=O) groups excluding carboxylic acids is 1. The summed E-state index contributed by atoms with van der Waals surface area (Å²) in [6.07, 6.45) is 0. The van der Waals surface area contributed by atoms with Crippen LogP contribution in [0.2, 0.25) is 5.02 Å². The van der Waals surface area contributed by atoms with Crippen molar-refractivity contribution in [1.29, 1.82) is 0 Å². The second-order valence-corrected chi connectivity index (χ2v) is 9.38. The number of hydrogen-bond acceptors (Lipinski definition) is 4. The third kappa shape index (κ3) is 5.16. The van der Waals surface area contributed by atoms with Gasteiger partial charge >= 0.3 is 5.97 Å². The van der Waals surface area contributed by atoms with Gasteiger partial charge in [0, 0.05) is 9.92 Å². The van der Waals surface area contributed by atoms with E-state index in [9.17, 15) is 4.79 Å². The minimum absolute atomic E-state index is 0.380. The van der Waals surface area contributed by atoms with E-state index in [-0.39, 0.29) is 0 Å². The lowest BCUT2D eigenvalue weighted by molar-refractivity contribution is 0.0718. The van der Waals surface area contributed by atoms with E-state index in [0.717, 1.165) is 32.3 Å². The molecule has 0 spiro atoms. The number of benzene rings is 4. The molecule has 1 aromatic heterocycles.